The zero-order valence-corrected chi connectivity index (χ0v) is 18.2. The van der Waals surface area contributed by atoms with Crippen LogP contribution in [0.1, 0.15) is 5.56 Å². The van der Waals surface area contributed by atoms with Crippen LogP contribution in [0.15, 0.2) is 72.9 Å². The predicted molar refractivity (Wildman–Crippen MR) is 124 cm³/mol. The molecule has 4 rings (SSSR count). The maximum absolute atomic E-state index is 13.3. The standard InChI is InChI=1S/C22H13F3N6O6/c23-22(24,25)14-9-18(30(34)35)20(19(10-14)31(36)37)27-21-17(13-5-2-1-3-6-13)12-26-28(21)15-7-4-8-16(11-15)29(32)33/h1-12,27H. The van der Waals surface area contributed by atoms with Gasteiger partial charge in [0.15, 0.2) is 5.69 Å². The van der Waals surface area contributed by atoms with Crippen molar-refractivity contribution in [3.8, 4) is 16.8 Å². The number of hydrogen-bond acceptors (Lipinski definition) is 8. The quantitative estimate of drug-likeness (QED) is 0.231. The van der Waals surface area contributed by atoms with Crippen molar-refractivity contribution in [1.82, 2.24) is 9.78 Å². The third kappa shape index (κ3) is 4.90. The maximum Gasteiger partial charge on any atom is 0.416 e. The van der Waals surface area contributed by atoms with Crippen molar-refractivity contribution in [2.45, 2.75) is 6.18 Å². The van der Waals surface area contributed by atoms with Crippen LogP contribution in [0.5, 0.6) is 0 Å². The molecule has 0 bridgehead atoms. The minimum absolute atomic E-state index is 0.107. The molecule has 0 radical (unpaired) electrons. The Morgan fingerprint density at radius 1 is 0.811 bits per heavy atom. The molecule has 37 heavy (non-hydrogen) atoms. The molecule has 0 saturated carbocycles. The van der Waals surface area contributed by atoms with Gasteiger partial charge in [-0.1, -0.05) is 36.4 Å². The zero-order valence-electron chi connectivity index (χ0n) is 18.2. The molecule has 0 aliphatic rings. The third-order valence-electron chi connectivity index (χ3n) is 5.20. The number of benzene rings is 3. The van der Waals surface area contributed by atoms with Crippen LogP contribution in [0.2, 0.25) is 0 Å². The lowest BCUT2D eigenvalue weighted by atomic mass is 10.1. The normalized spacial score (nSPS) is 11.2. The lowest BCUT2D eigenvalue weighted by molar-refractivity contribution is -0.392. The van der Waals surface area contributed by atoms with Gasteiger partial charge in [-0.2, -0.15) is 18.3 Å². The second-order valence-electron chi connectivity index (χ2n) is 7.49. The van der Waals surface area contributed by atoms with Gasteiger partial charge in [0.1, 0.15) is 5.82 Å². The molecule has 0 atom stereocenters. The van der Waals surface area contributed by atoms with Gasteiger partial charge in [-0.25, -0.2) is 4.68 Å². The summed E-state index contributed by atoms with van der Waals surface area (Å²) in [6.45, 7) is 0. The molecule has 1 N–H and O–H groups in total. The van der Waals surface area contributed by atoms with Gasteiger partial charge in [0.05, 0.1) is 32.2 Å². The van der Waals surface area contributed by atoms with Crippen LogP contribution in [-0.2, 0) is 6.18 Å². The predicted octanol–water partition coefficient (Wildman–Crippen LogP) is 6.03. The summed E-state index contributed by atoms with van der Waals surface area (Å²) < 4.78 is 41.1. The molecule has 0 fully saturated rings. The van der Waals surface area contributed by atoms with Gasteiger partial charge >= 0.3 is 6.18 Å². The Kier molecular flexibility index (Phi) is 6.27. The van der Waals surface area contributed by atoms with Gasteiger partial charge in [0, 0.05) is 29.8 Å². The smallest absolute Gasteiger partial charge is 0.328 e. The first-order chi connectivity index (χ1) is 17.5. The molecule has 0 aliphatic heterocycles. The van der Waals surface area contributed by atoms with Crippen molar-refractivity contribution >= 4 is 28.6 Å². The second kappa shape index (κ2) is 9.37. The van der Waals surface area contributed by atoms with E-state index in [1.165, 1.54) is 24.4 Å². The first kappa shape index (κ1) is 24.8. The fourth-order valence-electron chi connectivity index (χ4n) is 3.54. The summed E-state index contributed by atoms with van der Waals surface area (Å²) in [4.78, 5) is 31.7. The fourth-order valence-corrected chi connectivity index (χ4v) is 3.54. The molecule has 3 aromatic carbocycles. The molecule has 1 heterocycles. The van der Waals surface area contributed by atoms with Crippen LogP contribution >= 0.6 is 0 Å². The Balaban J connectivity index is 1.99. The van der Waals surface area contributed by atoms with Crippen molar-refractivity contribution in [2.24, 2.45) is 0 Å². The number of nitrogens with one attached hydrogen (secondary N) is 1. The van der Waals surface area contributed by atoms with E-state index in [0.717, 1.165) is 10.7 Å². The topological polar surface area (TPSA) is 159 Å². The molecule has 0 amide bonds. The first-order valence-corrected chi connectivity index (χ1v) is 10.2. The first-order valence-electron chi connectivity index (χ1n) is 10.2. The Bertz CT molecular complexity index is 1500. The minimum Gasteiger partial charge on any atom is -0.328 e. The zero-order chi connectivity index (χ0) is 26.9. The van der Waals surface area contributed by atoms with Gasteiger partial charge in [-0.05, 0) is 11.6 Å². The summed E-state index contributed by atoms with van der Waals surface area (Å²) in [5.74, 6) is -0.113. The number of alkyl halides is 3. The number of halogens is 3. The number of nitro groups is 3. The van der Waals surface area contributed by atoms with Crippen LogP contribution in [0.3, 0.4) is 0 Å². The van der Waals surface area contributed by atoms with E-state index in [1.807, 2.05) is 0 Å². The Morgan fingerprint density at radius 3 is 1.97 bits per heavy atom. The molecule has 0 aliphatic carbocycles. The Labute approximate surface area is 204 Å². The highest BCUT2D eigenvalue weighted by atomic mass is 19.4. The molecule has 15 heteroatoms. The number of aromatic nitrogens is 2. The molecule has 0 saturated heterocycles. The number of non-ortho nitro benzene ring substituents is 1. The summed E-state index contributed by atoms with van der Waals surface area (Å²) in [7, 11) is 0. The van der Waals surface area contributed by atoms with Crippen LogP contribution in [0, 0.1) is 30.3 Å². The van der Waals surface area contributed by atoms with Crippen LogP contribution < -0.4 is 5.32 Å². The molecular formula is C22H13F3N6O6. The summed E-state index contributed by atoms with van der Waals surface area (Å²) in [5.41, 5.74) is -4.25. The van der Waals surface area contributed by atoms with E-state index in [0.29, 0.717) is 5.56 Å². The van der Waals surface area contributed by atoms with Crippen molar-refractivity contribution in [2.75, 3.05) is 5.32 Å². The van der Waals surface area contributed by atoms with E-state index in [2.05, 4.69) is 10.4 Å². The van der Waals surface area contributed by atoms with E-state index in [4.69, 9.17) is 0 Å². The van der Waals surface area contributed by atoms with E-state index < -0.39 is 43.6 Å². The number of hydrogen-bond donors (Lipinski definition) is 1. The third-order valence-corrected chi connectivity index (χ3v) is 5.20. The second-order valence-corrected chi connectivity index (χ2v) is 7.49. The van der Waals surface area contributed by atoms with Gasteiger partial charge < -0.3 is 5.32 Å². The van der Waals surface area contributed by atoms with Gasteiger partial charge in [0.25, 0.3) is 17.1 Å². The maximum atomic E-state index is 13.3. The highest BCUT2D eigenvalue weighted by Crippen LogP contribution is 2.44. The van der Waals surface area contributed by atoms with E-state index in [9.17, 15) is 43.5 Å². The van der Waals surface area contributed by atoms with E-state index in [1.54, 1.807) is 30.3 Å². The summed E-state index contributed by atoms with van der Waals surface area (Å²) in [6.07, 6.45) is -3.79. The Morgan fingerprint density at radius 2 is 1.43 bits per heavy atom. The van der Waals surface area contributed by atoms with Crippen molar-refractivity contribution in [3.05, 3.63) is 109 Å². The fraction of sp³-hybridized carbons (Fsp3) is 0.0455. The summed E-state index contributed by atoms with van der Waals surface area (Å²) in [6, 6.07) is 13.8. The van der Waals surface area contributed by atoms with Crippen LogP contribution in [0.4, 0.5) is 41.7 Å². The SMILES string of the molecule is O=[N+]([O-])c1cccc(-n2ncc(-c3ccccc3)c2Nc2c([N+](=O)[O-])cc(C(F)(F)F)cc2[N+](=O)[O-])c1. The van der Waals surface area contributed by atoms with Crippen LogP contribution in [-0.4, -0.2) is 24.6 Å². The van der Waals surface area contributed by atoms with Crippen molar-refractivity contribution < 1.29 is 27.9 Å². The van der Waals surface area contributed by atoms with Crippen LogP contribution in [0.25, 0.3) is 16.8 Å². The van der Waals surface area contributed by atoms with E-state index >= 15 is 0 Å². The highest BCUT2D eigenvalue weighted by Gasteiger charge is 2.38. The largest absolute Gasteiger partial charge is 0.416 e. The van der Waals surface area contributed by atoms with Gasteiger partial charge in [-0.3, -0.25) is 30.3 Å². The van der Waals surface area contributed by atoms with Crippen molar-refractivity contribution in [3.63, 3.8) is 0 Å². The molecule has 0 spiro atoms. The number of nitrogens with zero attached hydrogens (tertiary/aromatic N) is 5. The molecule has 4 aromatic rings. The molecular weight excluding hydrogens is 501 g/mol. The monoisotopic (exact) mass is 514 g/mol. The number of anilines is 2. The summed E-state index contributed by atoms with van der Waals surface area (Å²) >= 11 is 0. The molecule has 188 valence electrons. The van der Waals surface area contributed by atoms with Gasteiger partial charge in [0.2, 0.25) is 0 Å². The lowest BCUT2D eigenvalue weighted by Gasteiger charge is -2.14. The Hall–Kier alpha value is -5.34. The molecule has 12 nitrogen and oxygen atoms in total. The molecule has 0 unspecified atom stereocenters. The number of nitro benzene ring substituents is 3. The average molecular weight is 514 g/mol. The molecule has 1 aromatic heterocycles. The average Bonchev–Trinajstić information content (AvgIpc) is 3.27. The number of rotatable bonds is 7. The summed E-state index contributed by atoms with van der Waals surface area (Å²) in [5, 5.41) is 41.4. The lowest BCUT2D eigenvalue weighted by Crippen LogP contribution is -2.11. The van der Waals surface area contributed by atoms with Crippen molar-refractivity contribution in [1.29, 1.82) is 0 Å². The van der Waals surface area contributed by atoms with Gasteiger partial charge in [-0.15, -0.1) is 0 Å². The minimum atomic E-state index is -5.09. The van der Waals surface area contributed by atoms with E-state index in [-0.39, 0.29) is 34.9 Å². The highest BCUT2D eigenvalue weighted by molar-refractivity contribution is 5.86.